The highest BCUT2D eigenvalue weighted by Gasteiger charge is 2.30. The van der Waals surface area contributed by atoms with E-state index in [1.807, 2.05) is 36.4 Å². The third-order valence-electron chi connectivity index (χ3n) is 4.00. The zero-order valence-electron chi connectivity index (χ0n) is 12.3. The Kier molecular flexibility index (Phi) is 3.29. The van der Waals surface area contributed by atoms with Crippen molar-refractivity contribution in [3.8, 4) is 0 Å². The van der Waals surface area contributed by atoms with E-state index in [0.29, 0.717) is 4.90 Å². The van der Waals surface area contributed by atoms with Crippen molar-refractivity contribution >= 4 is 15.5 Å². The van der Waals surface area contributed by atoms with Gasteiger partial charge in [-0.05, 0) is 23.3 Å². The summed E-state index contributed by atoms with van der Waals surface area (Å²) >= 11 is 0. The van der Waals surface area contributed by atoms with Gasteiger partial charge in [0, 0.05) is 17.6 Å². The highest BCUT2D eigenvalue weighted by atomic mass is 32.2. The number of fused-ring (bicyclic) bond motifs is 1. The van der Waals surface area contributed by atoms with E-state index < -0.39 is 9.84 Å². The Labute approximate surface area is 125 Å². The van der Waals surface area contributed by atoms with Crippen LogP contribution in [0, 0.1) is 0 Å². The van der Waals surface area contributed by atoms with E-state index in [0.717, 1.165) is 17.8 Å². The van der Waals surface area contributed by atoms with Crippen LogP contribution >= 0.6 is 0 Å². The Morgan fingerprint density at radius 1 is 1.10 bits per heavy atom. The number of hydrogen-bond donors (Lipinski definition) is 1. The van der Waals surface area contributed by atoms with Crippen LogP contribution in [0.4, 0.5) is 5.69 Å². The molecule has 0 radical (unpaired) electrons. The summed E-state index contributed by atoms with van der Waals surface area (Å²) in [5, 5.41) is 3.30. The van der Waals surface area contributed by atoms with Crippen LogP contribution in [0.2, 0.25) is 0 Å². The molecule has 1 heterocycles. The summed E-state index contributed by atoms with van der Waals surface area (Å²) in [6, 6.07) is 14.7. The van der Waals surface area contributed by atoms with Crippen molar-refractivity contribution in [1.82, 2.24) is 0 Å². The number of anilines is 1. The van der Waals surface area contributed by atoms with Crippen LogP contribution < -0.4 is 5.32 Å². The minimum Gasteiger partial charge on any atom is -0.384 e. The molecule has 1 aliphatic rings. The van der Waals surface area contributed by atoms with Crippen LogP contribution in [-0.2, 0) is 21.0 Å². The van der Waals surface area contributed by atoms with Gasteiger partial charge in [-0.3, -0.25) is 0 Å². The molecule has 0 aliphatic carbocycles. The van der Waals surface area contributed by atoms with Crippen LogP contribution in [0.1, 0.15) is 25.0 Å². The van der Waals surface area contributed by atoms with E-state index >= 15 is 0 Å². The Hall–Kier alpha value is -1.81. The molecule has 0 amide bonds. The molecule has 1 aliphatic heterocycles. The van der Waals surface area contributed by atoms with Gasteiger partial charge in [-0.25, -0.2) is 8.42 Å². The summed E-state index contributed by atoms with van der Waals surface area (Å²) in [5.41, 5.74) is 2.98. The molecule has 3 rings (SSSR count). The second-order valence-electron chi connectivity index (χ2n) is 6.19. The monoisotopic (exact) mass is 301 g/mol. The van der Waals surface area contributed by atoms with E-state index in [1.54, 1.807) is 12.1 Å². The van der Waals surface area contributed by atoms with Gasteiger partial charge >= 0.3 is 0 Å². The Morgan fingerprint density at radius 2 is 1.81 bits per heavy atom. The second-order valence-corrected chi connectivity index (χ2v) is 8.18. The number of nitrogens with one attached hydrogen (secondary N) is 1. The first-order chi connectivity index (χ1) is 9.88. The lowest BCUT2D eigenvalue weighted by Gasteiger charge is -2.17. The first kappa shape index (κ1) is 14.1. The fourth-order valence-corrected chi connectivity index (χ4v) is 4.11. The fourth-order valence-electron chi connectivity index (χ4n) is 2.74. The number of hydrogen-bond acceptors (Lipinski definition) is 3. The molecule has 3 nitrogen and oxygen atoms in total. The van der Waals surface area contributed by atoms with Gasteiger partial charge in [0.25, 0.3) is 0 Å². The first-order valence-electron chi connectivity index (χ1n) is 7.04. The van der Waals surface area contributed by atoms with Gasteiger partial charge in [0.2, 0.25) is 0 Å². The molecule has 0 saturated carbocycles. The van der Waals surface area contributed by atoms with Crippen molar-refractivity contribution in [2.75, 3.05) is 11.9 Å². The predicted molar refractivity (Wildman–Crippen MR) is 85.3 cm³/mol. The molecule has 110 valence electrons. The topological polar surface area (TPSA) is 46.2 Å². The van der Waals surface area contributed by atoms with Crippen molar-refractivity contribution in [1.29, 1.82) is 0 Å². The lowest BCUT2D eigenvalue weighted by atomic mass is 9.87. The molecule has 0 aromatic heterocycles. The molecule has 0 saturated heterocycles. The zero-order chi connectivity index (χ0) is 15.1. The Bertz CT molecular complexity index is 765. The molecule has 2 aromatic rings. The predicted octanol–water partition coefficient (Wildman–Crippen LogP) is 3.36. The highest BCUT2D eigenvalue weighted by molar-refractivity contribution is 7.90. The van der Waals surface area contributed by atoms with Gasteiger partial charge in [-0.1, -0.05) is 50.2 Å². The van der Waals surface area contributed by atoms with Gasteiger partial charge in [0.05, 0.1) is 10.6 Å². The molecule has 1 N–H and O–H groups in total. The van der Waals surface area contributed by atoms with E-state index in [-0.39, 0.29) is 11.2 Å². The normalized spacial score (nSPS) is 16.3. The minimum absolute atomic E-state index is 0.0377. The largest absolute Gasteiger partial charge is 0.384 e. The molecule has 0 unspecified atom stereocenters. The molecule has 21 heavy (non-hydrogen) atoms. The van der Waals surface area contributed by atoms with Crippen molar-refractivity contribution in [2.24, 2.45) is 0 Å². The quantitative estimate of drug-likeness (QED) is 0.945. The van der Waals surface area contributed by atoms with Crippen LogP contribution in [0.5, 0.6) is 0 Å². The van der Waals surface area contributed by atoms with Gasteiger partial charge in [0.1, 0.15) is 0 Å². The lowest BCUT2D eigenvalue weighted by molar-refractivity contribution is 0.585. The summed E-state index contributed by atoms with van der Waals surface area (Å²) in [6.07, 6.45) is 0. The summed E-state index contributed by atoms with van der Waals surface area (Å²) < 4.78 is 25.1. The molecule has 2 aromatic carbocycles. The van der Waals surface area contributed by atoms with Crippen LogP contribution in [0.25, 0.3) is 0 Å². The van der Waals surface area contributed by atoms with Gasteiger partial charge < -0.3 is 5.32 Å². The fraction of sp³-hybridized carbons (Fsp3) is 0.294. The van der Waals surface area contributed by atoms with Crippen LogP contribution in [0.3, 0.4) is 0 Å². The summed E-state index contributed by atoms with van der Waals surface area (Å²) in [5.74, 6) is 0.0377. The number of rotatable bonds is 3. The first-order valence-corrected chi connectivity index (χ1v) is 8.69. The van der Waals surface area contributed by atoms with Crippen molar-refractivity contribution < 1.29 is 8.42 Å². The summed E-state index contributed by atoms with van der Waals surface area (Å²) in [6.45, 7) is 5.15. The van der Waals surface area contributed by atoms with E-state index in [9.17, 15) is 8.42 Å². The zero-order valence-corrected chi connectivity index (χ0v) is 13.1. The van der Waals surface area contributed by atoms with Crippen molar-refractivity contribution in [2.45, 2.75) is 29.9 Å². The maximum Gasteiger partial charge on any atom is 0.182 e. The smallest absolute Gasteiger partial charge is 0.182 e. The van der Waals surface area contributed by atoms with Gasteiger partial charge in [0.15, 0.2) is 9.84 Å². The Morgan fingerprint density at radius 3 is 2.52 bits per heavy atom. The Balaban J connectivity index is 1.94. The number of sulfone groups is 1. The standard InChI is InChI=1S/C17H19NO2S/c1-17(2)12-18-16-10-14(8-9-15(16)17)21(19,20)11-13-6-4-3-5-7-13/h3-10,18H,11-12H2,1-2H3. The minimum atomic E-state index is -3.31. The van der Waals surface area contributed by atoms with Gasteiger partial charge in [-0.2, -0.15) is 0 Å². The van der Waals surface area contributed by atoms with E-state index in [4.69, 9.17) is 0 Å². The van der Waals surface area contributed by atoms with E-state index in [1.165, 1.54) is 5.56 Å². The SMILES string of the molecule is CC1(C)CNc2cc(S(=O)(=O)Cc3ccccc3)ccc21. The average molecular weight is 301 g/mol. The maximum absolute atomic E-state index is 12.5. The summed E-state index contributed by atoms with van der Waals surface area (Å²) in [4.78, 5) is 0.385. The maximum atomic E-state index is 12.5. The molecular weight excluding hydrogens is 282 g/mol. The molecule has 0 fully saturated rings. The van der Waals surface area contributed by atoms with E-state index in [2.05, 4.69) is 19.2 Å². The molecule has 0 spiro atoms. The highest BCUT2D eigenvalue weighted by Crippen LogP contribution is 2.37. The second kappa shape index (κ2) is 4.88. The number of benzene rings is 2. The van der Waals surface area contributed by atoms with Crippen LogP contribution in [0.15, 0.2) is 53.4 Å². The molecular formula is C17H19NO2S. The van der Waals surface area contributed by atoms with Crippen molar-refractivity contribution in [3.63, 3.8) is 0 Å². The lowest BCUT2D eigenvalue weighted by Crippen LogP contribution is -2.18. The van der Waals surface area contributed by atoms with Crippen molar-refractivity contribution in [3.05, 3.63) is 59.7 Å². The third-order valence-corrected chi connectivity index (χ3v) is 5.69. The van der Waals surface area contributed by atoms with Gasteiger partial charge in [-0.15, -0.1) is 0 Å². The molecule has 0 atom stereocenters. The molecule has 4 heteroatoms. The molecule has 0 bridgehead atoms. The average Bonchev–Trinajstić information content (AvgIpc) is 2.75. The van der Waals surface area contributed by atoms with Crippen LogP contribution in [-0.4, -0.2) is 15.0 Å². The summed E-state index contributed by atoms with van der Waals surface area (Å²) in [7, 11) is -3.31. The third kappa shape index (κ3) is 2.68.